The molecule has 0 aliphatic heterocycles. The molecule has 1 aromatic carbocycles. The van der Waals surface area contributed by atoms with Crippen molar-refractivity contribution >= 4 is 0 Å². The van der Waals surface area contributed by atoms with Gasteiger partial charge in [0.15, 0.2) is 0 Å². The molecule has 0 heterocycles. The maximum atomic E-state index is 13.6. The fourth-order valence-corrected chi connectivity index (χ4v) is 2.57. The summed E-state index contributed by atoms with van der Waals surface area (Å²) in [5.74, 6) is 0.169. The Balaban J connectivity index is 2.33. The van der Waals surface area contributed by atoms with Crippen molar-refractivity contribution in [3.05, 3.63) is 29.6 Å². The highest BCUT2D eigenvalue weighted by molar-refractivity contribution is 5.36. The maximum absolute atomic E-state index is 13.6. The molecule has 2 nitrogen and oxygen atoms in total. The smallest absolute Gasteiger partial charge is 0.130 e. The average Bonchev–Trinajstić information content (AvgIpc) is 2.68. The predicted octanol–water partition coefficient (Wildman–Crippen LogP) is 2.23. The molecule has 3 N–H and O–H groups in total. The van der Waals surface area contributed by atoms with Crippen molar-refractivity contribution in [3.63, 3.8) is 0 Å². The van der Waals surface area contributed by atoms with Gasteiger partial charge in [-0.05, 0) is 35.4 Å². The normalized spacial score (nSPS) is 27.7. The van der Waals surface area contributed by atoms with Crippen molar-refractivity contribution in [1.82, 2.24) is 0 Å². The van der Waals surface area contributed by atoms with Crippen LogP contribution in [0.3, 0.4) is 0 Å². The van der Waals surface area contributed by atoms with Crippen LogP contribution in [0.5, 0.6) is 5.75 Å². The summed E-state index contributed by atoms with van der Waals surface area (Å²) >= 11 is 0. The lowest BCUT2D eigenvalue weighted by Gasteiger charge is -2.04. The van der Waals surface area contributed by atoms with Crippen LogP contribution in [0, 0.1) is 17.2 Å². The summed E-state index contributed by atoms with van der Waals surface area (Å²) in [6, 6.07) is 4.35. The fourth-order valence-electron chi connectivity index (χ4n) is 2.57. The zero-order chi connectivity index (χ0) is 11.2. The molecule has 2 atom stereocenters. The van der Waals surface area contributed by atoms with Crippen LogP contribution in [0.1, 0.15) is 25.3 Å². The molecule has 15 heavy (non-hydrogen) atoms. The van der Waals surface area contributed by atoms with Crippen LogP contribution < -0.4 is 5.73 Å². The van der Waals surface area contributed by atoms with Crippen molar-refractivity contribution in [2.45, 2.75) is 19.8 Å². The van der Waals surface area contributed by atoms with Crippen LogP contribution in [-0.4, -0.2) is 11.7 Å². The minimum atomic E-state index is -0.330. The number of halogens is 1. The Morgan fingerprint density at radius 3 is 2.60 bits per heavy atom. The highest BCUT2D eigenvalue weighted by Crippen LogP contribution is 2.64. The van der Waals surface area contributed by atoms with Gasteiger partial charge in [0.05, 0.1) is 0 Å². The summed E-state index contributed by atoms with van der Waals surface area (Å²) in [6.45, 7) is 4.78. The van der Waals surface area contributed by atoms with Gasteiger partial charge in [0.2, 0.25) is 0 Å². The molecule has 0 bridgehead atoms. The monoisotopic (exact) mass is 209 g/mol. The summed E-state index contributed by atoms with van der Waals surface area (Å²) in [5.41, 5.74) is 6.40. The van der Waals surface area contributed by atoms with Gasteiger partial charge >= 0.3 is 0 Å². The second kappa shape index (κ2) is 3.20. The SMILES string of the molecule is CC1(C)[C@@H](CN)[C@@H]1c1ccc(O)cc1F. The molecule has 1 fully saturated rings. The van der Waals surface area contributed by atoms with Crippen molar-refractivity contribution in [2.75, 3.05) is 6.54 Å². The van der Waals surface area contributed by atoms with E-state index in [9.17, 15) is 4.39 Å². The van der Waals surface area contributed by atoms with Gasteiger partial charge in [-0.15, -0.1) is 0 Å². The zero-order valence-electron chi connectivity index (χ0n) is 9.00. The Morgan fingerprint density at radius 1 is 1.47 bits per heavy atom. The summed E-state index contributed by atoms with van der Waals surface area (Å²) in [7, 11) is 0. The summed E-state index contributed by atoms with van der Waals surface area (Å²) in [4.78, 5) is 0. The number of aromatic hydroxyl groups is 1. The molecule has 0 aromatic heterocycles. The summed E-state index contributed by atoms with van der Waals surface area (Å²) < 4.78 is 13.6. The molecule has 3 heteroatoms. The highest BCUT2D eigenvalue weighted by atomic mass is 19.1. The van der Waals surface area contributed by atoms with Crippen LogP contribution in [0.2, 0.25) is 0 Å². The first-order chi connectivity index (χ1) is 6.98. The molecule has 1 saturated carbocycles. The molecule has 1 aliphatic rings. The molecule has 82 valence electrons. The van der Waals surface area contributed by atoms with Gasteiger partial charge < -0.3 is 10.8 Å². The van der Waals surface area contributed by atoms with Gasteiger partial charge in [0, 0.05) is 6.07 Å². The van der Waals surface area contributed by atoms with Crippen molar-refractivity contribution in [3.8, 4) is 5.75 Å². The third-order valence-corrected chi connectivity index (χ3v) is 3.62. The first-order valence-electron chi connectivity index (χ1n) is 5.17. The number of benzene rings is 1. The Hall–Kier alpha value is -1.09. The van der Waals surface area contributed by atoms with E-state index in [1.807, 2.05) is 0 Å². The van der Waals surface area contributed by atoms with E-state index in [2.05, 4.69) is 13.8 Å². The van der Waals surface area contributed by atoms with Crippen molar-refractivity contribution in [1.29, 1.82) is 0 Å². The molecular formula is C12H16FNO. The Bertz CT molecular complexity index is 389. The largest absolute Gasteiger partial charge is 0.508 e. The number of phenols is 1. The van der Waals surface area contributed by atoms with Gasteiger partial charge in [0.1, 0.15) is 11.6 Å². The van der Waals surface area contributed by atoms with Crippen LogP contribution >= 0.6 is 0 Å². The van der Waals surface area contributed by atoms with E-state index in [0.717, 1.165) is 6.07 Å². The quantitative estimate of drug-likeness (QED) is 0.784. The molecule has 2 rings (SSSR count). The third-order valence-electron chi connectivity index (χ3n) is 3.62. The minimum absolute atomic E-state index is 0.0287. The standard InChI is InChI=1S/C12H16FNO/c1-12(2)9(6-14)11(12)8-4-3-7(15)5-10(8)13/h3-5,9,11,15H,6,14H2,1-2H3/t9-,11-/m0/s1. The highest BCUT2D eigenvalue weighted by Gasteiger charge is 2.57. The fraction of sp³-hybridized carbons (Fsp3) is 0.500. The lowest BCUT2D eigenvalue weighted by molar-refractivity contribution is 0.467. The van der Waals surface area contributed by atoms with Crippen molar-refractivity contribution in [2.24, 2.45) is 17.1 Å². The Morgan fingerprint density at radius 2 is 2.13 bits per heavy atom. The molecule has 0 unspecified atom stereocenters. The Kier molecular flexibility index (Phi) is 2.23. The molecule has 0 amide bonds. The number of rotatable bonds is 2. The molecular weight excluding hydrogens is 193 g/mol. The van der Waals surface area contributed by atoms with Gasteiger partial charge in [-0.3, -0.25) is 0 Å². The van der Waals surface area contributed by atoms with Crippen LogP contribution in [0.15, 0.2) is 18.2 Å². The number of nitrogens with two attached hydrogens (primary N) is 1. The first-order valence-corrected chi connectivity index (χ1v) is 5.17. The van der Waals surface area contributed by atoms with Crippen LogP contribution in [0.4, 0.5) is 4.39 Å². The van der Waals surface area contributed by atoms with E-state index < -0.39 is 0 Å². The average molecular weight is 209 g/mol. The van der Waals surface area contributed by atoms with Gasteiger partial charge in [0.25, 0.3) is 0 Å². The molecule has 1 aliphatic carbocycles. The van der Waals surface area contributed by atoms with Crippen LogP contribution in [-0.2, 0) is 0 Å². The van der Waals surface area contributed by atoms with E-state index in [4.69, 9.17) is 10.8 Å². The van der Waals surface area contributed by atoms with E-state index in [0.29, 0.717) is 18.0 Å². The van der Waals surface area contributed by atoms with E-state index in [1.165, 1.54) is 6.07 Å². The zero-order valence-corrected chi connectivity index (χ0v) is 9.00. The van der Waals surface area contributed by atoms with Gasteiger partial charge in [-0.25, -0.2) is 4.39 Å². The van der Waals surface area contributed by atoms with E-state index in [1.54, 1.807) is 6.07 Å². The van der Waals surface area contributed by atoms with E-state index >= 15 is 0 Å². The molecule has 0 saturated heterocycles. The molecule has 0 spiro atoms. The number of hydrogen-bond acceptors (Lipinski definition) is 2. The van der Waals surface area contributed by atoms with Gasteiger partial charge in [-0.2, -0.15) is 0 Å². The summed E-state index contributed by atoms with van der Waals surface area (Å²) in [6.07, 6.45) is 0. The summed E-state index contributed by atoms with van der Waals surface area (Å²) in [5, 5.41) is 9.13. The maximum Gasteiger partial charge on any atom is 0.130 e. The predicted molar refractivity (Wildman–Crippen MR) is 57.1 cm³/mol. The van der Waals surface area contributed by atoms with Crippen molar-refractivity contribution < 1.29 is 9.50 Å². The number of phenolic OH excluding ortho intramolecular Hbond substituents is 1. The Labute approximate surface area is 88.9 Å². The number of hydrogen-bond donors (Lipinski definition) is 2. The second-order valence-corrected chi connectivity index (χ2v) is 4.85. The third kappa shape index (κ3) is 1.51. The topological polar surface area (TPSA) is 46.2 Å². The first kappa shape index (κ1) is 10.4. The van der Waals surface area contributed by atoms with E-state index in [-0.39, 0.29) is 22.9 Å². The van der Waals surface area contributed by atoms with Gasteiger partial charge in [-0.1, -0.05) is 19.9 Å². The van der Waals surface area contributed by atoms with Crippen LogP contribution in [0.25, 0.3) is 0 Å². The molecule has 0 radical (unpaired) electrons. The molecule has 1 aromatic rings. The second-order valence-electron chi connectivity index (χ2n) is 4.85. The minimum Gasteiger partial charge on any atom is -0.508 e. The lowest BCUT2D eigenvalue weighted by Crippen LogP contribution is -2.05. The lowest BCUT2D eigenvalue weighted by atomic mass is 10.0.